The zero-order valence-electron chi connectivity index (χ0n) is 24.3. The Balaban J connectivity index is 1.72. The molecule has 1 aromatic heterocycles. The number of nitrogens with two attached hydrogens (primary N) is 2. The lowest BCUT2D eigenvalue weighted by atomic mass is 10.0. The highest BCUT2D eigenvalue weighted by molar-refractivity contribution is 7.80. The fraction of sp³-hybridized carbons (Fsp3) is 0.323. The molecular weight excluding hydrogens is 582 g/mol. The first kappa shape index (κ1) is 33.7. The Morgan fingerprint density at radius 1 is 0.795 bits per heavy atom. The number of carbonyl (C=O) groups is 4. The first-order valence-electron chi connectivity index (χ1n) is 14.2. The lowest BCUT2D eigenvalue weighted by Gasteiger charge is -2.25. The molecule has 0 spiro atoms. The summed E-state index contributed by atoms with van der Waals surface area (Å²) in [4.78, 5) is 56.6. The maximum absolute atomic E-state index is 13.6. The van der Waals surface area contributed by atoms with Crippen LogP contribution >= 0.6 is 12.6 Å². The van der Waals surface area contributed by atoms with Gasteiger partial charge in [0.15, 0.2) is 5.96 Å². The van der Waals surface area contributed by atoms with Gasteiger partial charge in [-0.25, -0.2) is 0 Å². The molecule has 8 N–H and O–H groups in total. The molecule has 2 aromatic carbocycles. The largest absolute Gasteiger partial charge is 0.472 e. The van der Waals surface area contributed by atoms with E-state index in [2.05, 4.69) is 38.9 Å². The number of nitrogens with zero attached hydrogens (tertiary/aromatic N) is 1. The lowest BCUT2D eigenvalue weighted by molar-refractivity contribution is -0.132. The molecule has 0 aliphatic rings. The van der Waals surface area contributed by atoms with E-state index in [0.29, 0.717) is 19.4 Å². The molecule has 0 radical (unpaired) electrons. The quantitative estimate of drug-likeness (QED) is 0.0504. The summed E-state index contributed by atoms with van der Waals surface area (Å²) in [6, 6.07) is 17.5. The number of rotatable bonds is 17. The molecule has 0 fully saturated rings. The van der Waals surface area contributed by atoms with E-state index in [-0.39, 0.29) is 42.6 Å². The molecule has 0 bridgehead atoms. The molecule has 44 heavy (non-hydrogen) atoms. The van der Waals surface area contributed by atoms with Gasteiger partial charge in [-0.05, 0) is 36.5 Å². The number of hydrogen-bond acceptors (Lipinski definition) is 7. The second-order valence-corrected chi connectivity index (χ2v) is 10.4. The third-order valence-electron chi connectivity index (χ3n) is 6.64. The average Bonchev–Trinajstić information content (AvgIpc) is 3.57. The normalized spacial score (nSPS) is 12.7. The van der Waals surface area contributed by atoms with Crippen LogP contribution in [-0.2, 0) is 27.2 Å². The smallest absolute Gasteiger partial charge is 0.255 e. The van der Waals surface area contributed by atoms with Crippen molar-refractivity contribution in [3.8, 4) is 0 Å². The Morgan fingerprint density at radius 3 is 2.05 bits per heavy atom. The minimum absolute atomic E-state index is 0.0295. The summed E-state index contributed by atoms with van der Waals surface area (Å²) in [5.74, 6) is -2.20. The van der Waals surface area contributed by atoms with Crippen molar-refractivity contribution >= 4 is 42.2 Å². The maximum atomic E-state index is 13.6. The van der Waals surface area contributed by atoms with Crippen molar-refractivity contribution in [3.63, 3.8) is 0 Å². The van der Waals surface area contributed by atoms with E-state index >= 15 is 0 Å². The Bertz CT molecular complexity index is 1370. The Kier molecular flexibility index (Phi) is 13.8. The number of amides is 4. The van der Waals surface area contributed by atoms with Gasteiger partial charge in [-0.1, -0.05) is 60.7 Å². The van der Waals surface area contributed by atoms with Gasteiger partial charge in [0.2, 0.25) is 17.7 Å². The number of benzene rings is 2. The summed E-state index contributed by atoms with van der Waals surface area (Å²) >= 11 is 4.21. The Hall–Kier alpha value is -4.78. The number of thiol groups is 1. The number of hydrogen-bond donors (Lipinski definition) is 7. The summed E-state index contributed by atoms with van der Waals surface area (Å²) in [7, 11) is 0. The summed E-state index contributed by atoms with van der Waals surface area (Å²) in [6.07, 6.45) is 3.97. The fourth-order valence-electron chi connectivity index (χ4n) is 4.30. The number of guanidine groups is 1. The van der Waals surface area contributed by atoms with Crippen molar-refractivity contribution in [2.75, 3.05) is 18.8 Å². The van der Waals surface area contributed by atoms with Gasteiger partial charge in [-0.15, -0.1) is 0 Å². The van der Waals surface area contributed by atoms with Crippen LogP contribution in [0.3, 0.4) is 0 Å². The fourth-order valence-corrected chi connectivity index (χ4v) is 4.56. The van der Waals surface area contributed by atoms with Crippen molar-refractivity contribution in [2.45, 2.75) is 43.8 Å². The molecule has 0 aliphatic carbocycles. The summed E-state index contributed by atoms with van der Waals surface area (Å²) in [5.41, 5.74) is 13.0. The summed E-state index contributed by atoms with van der Waals surface area (Å²) < 4.78 is 4.93. The second kappa shape index (κ2) is 18.0. The van der Waals surface area contributed by atoms with Crippen LogP contribution in [0.25, 0.3) is 0 Å². The van der Waals surface area contributed by atoms with E-state index < -0.39 is 35.8 Å². The van der Waals surface area contributed by atoms with Gasteiger partial charge in [0.05, 0.1) is 11.8 Å². The molecule has 0 saturated carbocycles. The number of nitrogens with one attached hydrogen (secondary N) is 4. The first-order valence-corrected chi connectivity index (χ1v) is 14.9. The van der Waals surface area contributed by atoms with Gasteiger partial charge in [-0.3, -0.25) is 24.2 Å². The molecule has 0 unspecified atom stereocenters. The van der Waals surface area contributed by atoms with Crippen LogP contribution in [0.5, 0.6) is 0 Å². The van der Waals surface area contributed by atoms with Crippen molar-refractivity contribution in [1.29, 1.82) is 0 Å². The molecule has 3 atom stereocenters. The average molecular weight is 622 g/mol. The van der Waals surface area contributed by atoms with Crippen molar-refractivity contribution in [2.24, 2.45) is 16.5 Å². The van der Waals surface area contributed by atoms with E-state index in [1.807, 2.05) is 60.7 Å². The van der Waals surface area contributed by atoms with Crippen LogP contribution in [-0.4, -0.2) is 66.6 Å². The van der Waals surface area contributed by atoms with Gasteiger partial charge in [0.25, 0.3) is 5.91 Å². The molecule has 3 rings (SSSR count). The minimum atomic E-state index is -1.06. The highest BCUT2D eigenvalue weighted by atomic mass is 32.1. The van der Waals surface area contributed by atoms with E-state index in [0.717, 1.165) is 11.1 Å². The molecular formula is C31H39N7O5S. The molecule has 1 heterocycles. The van der Waals surface area contributed by atoms with Gasteiger partial charge >= 0.3 is 0 Å². The van der Waals surface area contributed by atoms with Gasteiger partial charge in [0, 0.05) is 25.3 Å². The van der Waals surface area contributed by atoms with Crippen LogP contribution in [0, 0.1) is 0 Å². The molecule has 3 aromatic rings. The molecule has 0 saturated heterocycles. The van der Waals surface area contributed by atoms with Crippen LogP contribution in [0.2, 0.25) is 0 Å². The van der Waals surface area contributed by atoms with Crippen molar-refractivity contribution in [3.05, 3.63) is 95.9 Å². The van der Waals surface area contributed by atoms with Gasteiger partial charge in [0.1, 0.15) is 24.4 Å². The minimum Gasteiger partial charge on any atom is -0.472 e. The Morgan fingerprint density at radius 2 is 1.43 bits per heavy atom. The van der Waals surface area contributed by atoms with Crippen LogP contribution in [0.15, 0.2) is 88.7 Å². The van der Waals surface area contributed by atoms with Crippen molar-refractivity contribution < 1.29 is 23.6 Å². The predicted octanol–water partition coefficient (Wildman–Crippen LogP) is 0.933. The maximum Gasteiger partial charge on any atom is 0.255 e. The van der Waals surface area contributed by atoms with Crippen LogP contribution in [0.1, 0.15) is 34.3 Å². The first-order chi connectivity index (χ1) is 21.3. The van der Waals surface area contributed by atoms with Crippen molar-refractivity contribution in [1.82, 2.24) is 21.3 Å². The van der Waals surface area contributed by atoms with Gasteiger partial charge < -0.3 is 37.2 Å². The Labute approximate surface area is 261 Å². The number of furan rings is 1. The highest BCUT2D eigenvalue weighted by Crippen LogP contribution is 2.08. The number of aliphatic imine (C=N–C) groups is 1. The topological polar surface area (TPSA) is 194 Å². The standard InChI is InChI=1S/C31H39N7O5S/c32-31(33)35-15-7-12-24(36-30(42)26(20-44)38-27(39)23-14-17-43-19-23)29(41)37-25(18-22-10-5-2-6-11-22)28(40)34-16-13-21-8-3-1-4-9-21/h1-6,8-11,14,17,19,24-26,44H,7,12-13,15-16,18,20H2,(H,34,40)(H,36,42)(H,37,41)(H,38,39)(H4,32,33,35)/t24-,25+,26+/m1/s1. The number of carbonyl (C=O) groups excluding carboxylic acids is 4. The van der Waals surface area contributed by atoms with Gasteiger partial charge in [-0.2, -0.15) is 12.6 Å². The van der Waals surface area contributed by atoms with E-state index in [4.69, 9.17) is 15.9 Å². The molecule has 0 aliphatic heterocycles. The van der Waals surface area contributed by atoms with E-state index in [1.165, 1.54) is 18.6 Å². The third-order valence-corrected chi connectivity index (χ3v) is 7.00. The molecule has 12 nitrogen and oxygen atoms in total. The molecule has 234 valence electrons. The zero-order chi connectivity index (χ0) is 31.7. The third kappa shape index (κ3) is 11.5. The highest BCUT2D eigenvalue weighted by Gasteiger charge is 2.29. The molecule has 4 amide bonds. The zero-order valence-corrected chi connectivity index (χ0v) is 25.2. The van der Waals surface area contributed by atoms with E-state index in [1.54, 1.807) is 0 Å². The monoisotopic (exact) mass is 621 g/mol. The predicted molar refractivity (Wildman–Crippen MR) is 171 cm³/mol. The summed E-state index contributed by atoms with van der Waals surface area (Å²) in [5, 5.41) is 11.0. The summed E-state index contributed by atoms with van der Waals surface area (Å²) in [6.45, 7) is 0.602. The molecule has 13 heteroatoms. The van der Waals surface area contributed by atoms with E-state index in [9.17, 15) is 19.2 Å². The lowest BCUT2D eigenvalue weighted by Crippen LogP contribution is -2.57. The SMILES string of the molecule is NC(N)=NCCC[C@@H](NC(=O)[C@H](CS)NC(=O)c1ccoc1)C(=O)N[C@@H](Cc1ccccc1)C(=O)NCCc1ccccc1. The second-order valence-electron chi connectivity index (χ2n) is 10.0. The van der Waals surface area contributed by atoms with Crippen LogP contribution < -0.4 is 32.7 Å². The van der Waals surface area contributed by atoms with Crippen LogP contribution in [0.4, 0.5) is 0 Å².